The number of hydrogen-bond acceptors (Lipinski definition) is 17. The van der Waals surface area contributed by atoms with Gasteiger partial charge < -0.3 is 59.3 Å². The fraction of sp³-hybridized carbons (Fsp3) is 0.776. The lowest BCUT2D eigenvalue weighted by molar-refractivity contribution is -0.424. The Balaban J connectivity index is 1.18. The van der Waals surface area contributed by atoms with Crippen LogP contribution in [0.4, 0.5) is 0 Å². The van der Waals surface area contributed by atoms with E-state index in [-0.39, 0.29) is 78.3 Å². The van der Waals surface area contributed by atoms with Crippen LogP contribution in [0.1, 0.15) is 96.5 Å². The number of hydrogen-bond donors (Lipinski definition) is 7. The summed E-state index contributed by atoms with van der Waals surface area (Å²) >= 11 is 0. The number of nitrogens with one attached hydrogen (secondary N) is 1. The summed E-state index contributed by atoms with van der Waals surface area (Å²) in [6, 6.07) is 3.77. The number of carbonyl (C=O) groups is 1. The van der Waals surface area contributed by atoms with Gasteiger partial charge in [-0.05, 0) is 118 Å². The van der Waals surface area contributed by atoms with Crippen molar-refractivity contribution >= 4 is 60.1 Å². The van der Waals surface area contributed by atoms with Crippen LogP contribution < -0.4 is 14.8 Å². The fourth-order valence-electron chi connectivity index (χ4n) is 14.1. The fourth-order valence-corrected chi connectivity index (χ4v) is 21.3. The second-order valence-electron chi connectivity index (χ2n) is 21.0. The van der Waals surface area contributed by atoms with E-state index in [4.69, 9.17) is 23.4 Å². The summed E-state index contributed by atoms with van der Waals surface area (Å²) < 4.78 is 32.5. The van der Waals surface area contributed by atoms with E-state index in [0.717, 1.165) is 37.2 Å². The summed E-state index contributed by atoms with van der Waals surface area (Å²) in [5.41, 5.74) is -5.42. The van der Waals surface area contributed by atoms with Gasteiger partial charge in [-0.25, -0.2) is 0 Å². The maximum atomic E-state index is 13.6. The third kappa shape index (κ3) is 7.99. The van der Waals surface area contributed by atoms with E-state index in [2.05, 4.69) is 12.2 Å². The van der Waals surface area contributed by atoms with Crippen molar-refractivity contribution in [2.75, 3.05) is 43.6 Å². The zero-order chi connectivity index (χ0) is 46.1. The molecule has 3 saturated carbocycles. The van der Waals surface area contributed by atoms with Crippen LogP contribution in [0.5, 0.6) is 11.5 Å². The van der Waals surface area contributed by atoms with Gasteiger partial charge in [0.25, 0.3) is 0 Å². The van der Waals surface area contributed by atoms with Crippen LogP contribution in [-0.4, -0.2) is 132 Å². The molecule has 3 spiro atoms. The van der Waals surface area contributed by atoms with Crippen molar-refractivity contribution in [1.29, 1.82) is 0 Å². The van der Waals surface area contributed by atoms with Gasteiger partial charge in [-0.3, -0.25) is 4.79 Å². The highest BCUT2D eigenvalue weighted by Crippen LogP contribution is 2.67. The first-order valence-electron chi connectivity index (χ1n) is 24.5. The molecule has 4 aliphatic heterocycles. The number of esters is 1. The Morgan fingerprint density at radius 2 is 1.82 bits per heavy atom. The molecule has 3 saturated heterocycles. The molecular weight excluding hydrogens is 923 g/mol. The topological polar surface area (TPSA) is 201 Å². The Morgan fingerprint density at radius 3 is 2.62 bits per heavy atom. The Hall–Kier alpha value is -1.35. The Morgan fingerprint density at radius 1 is 1.00 bits per heavy atom. The molecule has 7 N–H and O–H groups in total. The molecule has 10 rings (SSSR count). The molecule has 0 radical (unpaired) electrons. The minimum Gasteiger partial charge on any atom is -0.485 e. The smallest absolute Gasteiger partial charge is 0.306 e. The number of allylic oxidation sites excluding steroid dienone is 1. The second-order valence-corrected chi connectivity index (χ2v) is 26.3. The normalized spacial score (nSPS) is 43.4. The van der Waals surface area contributed by atoms with Crippen molar-refractivity contribution in [1.82, 2.24) is 5.32 Å². The first-order valence-corrected chi connectivity index (χ1v) is 29.3. The number of aliphatic hydroxyl groups is 6. The highest BCUT2D eigenvalue weighted by atomic mass is 33.1. The second kappa shape index (κ2) is 19.0. The summed E-state index contributed by atoms with van der Waals surface area (Å²) in [5, 5.41) is 80.4. The number of fused-ring (bicyclic) bond motifs is 16. The van der Waals surface area contributed by atoms with Gasteiger partial charge in [0.2, 0.25) is 12.0 Å². The first-order chi connectivity index (χ1) is 31.8. The van der Waals surface area contributed by atoms with Gasteiger partial charge in [-0.2, -0.15) is 0 Å². The minimum atomic E-state index is -2.45. The molecule has 13 nitrogen and oxygen atoms in total. The molecule has 2 aromatic rings. The van der Waals surface area contributed by atoms with E-state index in [9.17, 15) is 35.4 Å². The lowest BCUT2D eigenvalue weighted by Crippen LogP contribution is -2.86. The average molecular weight is 992 g/mol. The Bertz CT molecular complexity index is 2100. The summed E-state index contributed by atoms with van der Waals surface area (Å²) in [5.74, 6) is 0.495. The maximum Gasteiger partial charge on any atom is 0.306 e. The molecule has 6 fully saturated rings. The Labute approximate surface area is 403 Å². The van der Waals surface area contributed by atoms with Crippen molar-refractivity contribution in [3.8, 4) is 11.5 Å². The van der Waals surface area contributed by atoms with E-state index < -0.39 is 71.7 Å². The van der Waals surface area contributed by atoms with Crippen molar-refractivity contribution in [2.24, 2.45) is 40.9 Å². The molecule has 66 heavy (non-hydrogen) atoms. The number of carbonyl (C=O) groups excluding carboxylic acids is 1. The minimum absolute atomic E-state index is 0.000137. The number of rotatable bonds is 5. The quantitative estimate of drug-likeness (QED) is 0.0982. The van der Waals surface area contributed by atoms with Gasteiger partial charge in [-0.15, -0.1) is 0 Å². The SMILES string of the molecule is CCOC(=O)CCc1cc2ccoc2c2c1O[C@@H]1O[C@@]3(CSS[C@@]45C[C@@H](CSSC[C@H](CC[C@@H]3O)[C@@H](C)CC[C@H]4NCCO2)C2(CCCC2)C5)[C@]2(O)C[C@@H]3C=C[C@H](O)[C@@H](CO)[C@@H]3[C@@]1(O)[C@H]2O. The molecule has 17 heteroatoms. The molecular formula is C49H69NO12S4. The van der Waals surface area contributed by atoms with E-state index in [0.29, 0.717) is 41.3 Å². The standard InChI is InChI=1S/C49H69NO12S4/c1-3-58-38(54)13-9-29-20-30-14-18-59-40(30)42-41(29)61-44-49(57)39-31(7-10-35(52)34(39)23-51)21-47(56,43(49)55)48(62-44)27-65-66-46-22-33(45(26-46)15-4-5-16-45)25-64-63-24-32(8-12-37(48)53)28(2)6-11-36(46)50-17-19-60-42/h7,10,14,18,20,28,31-37,39,43-44,50-53,55-57H,3-6,8-9,11-13,15-17,19,21-27H2,1-2H3/t28-,31-,32-,33-,34+,35-,36+,37-,39+,43-,44+,46+,47-,48+,49+/m0/s1. The molecule has 1 aromatic carbocycles. The van der Waals surface area contributed by atoms with Crippen LogP contribution in [-0.2, 0) is 20.7 Å². The van der Waals surface area contributed by atoms with E-state index in [1.54, 1.807) is 36.1 Å². The molecule has 0 unspecified atom stereocenters. The van der Waals surface area contributed by atoms with Crippen LogP contribution in [0.2, 0.25) is 0 Å². The number of furan rings is 1. The summed E-state index contributed by atoms with van der Waals surface area (Å²) in [4.78, 5) is 12.9. The van der Waals surface area contributed by atoms with Crippen LogP contribution in [0.3, 0.4) is 0 Å². The lowest BCUT2D eigenvalue weighted by Gasteiger charge is -2.67. The van der Waals surface area contributed by atoms with Gasteiger partial charge in [0, 0.05) is 64.8 Å². The number of aryl methyl sites for hydroxylation is 1. The Kier molecular flexibility index (Phi) is 13.9. The van der Waals surface area contributed by atoms with Crippen molar-refractivity contribution in [2.45, 2.75) is 150 Å². The largest absolute Gasteiger partial charge is 0.485 e. The third-order valence-electron chi connectivity index (χ3n) is 17.7. The highest BCUT2D eigenvalue weighted by Gasteiger charge is 2.78. The van der Waals surface area contributed by atoms with Gasteiger partial charge in [0.1, 0.15) is 23.9 Å². The average Bonchev–Trinajstić information content (AvgIpc) is 4.05. The molecule has 5 heterocycles. The van der Waals surface area contributed by atoms with Crippen LogP contribution in [0.25, 0.3) is 11.0 Å². The number of aliphatic hydroxyl groups excluding tert-OH is 4. The highest BCUT2D eigenvalue weighted by molar-refractivity contribution is 8.77. The van der Waals surface area contributed by atoms with Gasteiger partial charge >= 0.3 is 5.97 Å². The molecule has 1 aromatic heterocycles. The molecule has 366 valence electrons. The molecule has 15 atom stereocenters. The number of ether oxygens (including phenoxy) is 4. The van der Waals surface area contributed by atoms with Gasteiger partial charge in [0.05, 0.1) is 25.1 Å². The van der Waals surface area contributed by atoms with Crippen molar-refractivity contribution < 1.29 is 58.8 Å². The van der Waals surface area contributed by atoms with E-state index >= 15 is 0 Å². The predicted octanol–water partition coefficient (Wildman–Crippen LogP) is 6.42. The first kappa shape index (κ1) is 48.3. The van der Waals surface area contributed by atoms with Crippen LogP contribution in [0.15, 0.2) is 35.0 Å². The maximum absolute atomic E-state index is 13.6. The zero-order valence-electron chi connectivity index (χ0n) is 38.1. The van der Waals surface area contributed by atoms with E-state index in [1.807, 2.05) is 44.5 Å². The van der Waals surface area contributed by atoms with Crippen LogP contribution >= 0.6 is 43.2 Å². The summed E-state index contributed by atoms with van der Waals surface area (Å²) in [6.45, 7) is 4.53. The van der Waals surface area contributed by atoms with Gasteiger partial charge in [-0.1, -0.05) is 75.1 Å². The third-order valence-corrected chi connectivity index (χ3v) is 23.5. The molecule has 4 aliphatic carbocycles. The monoisotopic (exact) mass is 991 g/mol. The predicted molar refractivity (Wildman–Crippen MR) is 258 cm³/mol. The lowest BCUT2D eigenvalue weighted by atomic mass is 9.50. The molecule has 8 aliphatic rings. The summed E-state index contributed by atoms with van der Waals surface area (Å²) in [6.07, 6.45) is 8.62. The van der Waals surface area contributed by atoms with Crippen LogP contribution in [0, 0.1) is 40.9 Å². The van der Waals surface area contributed by atoms with E-state index in [1.165, 1.54) is 25.7 Å². The van der Waals surface area contributed by atoms with Gasteiger partial charge in [0.15, 0.2) is 16.9 Å². The van der Waals surface area contributed by atoms with Crippen molar-refractivity contribution in [3.63, 3.8) is 0 Å². The molecule has 8 bridgehead atoms. The van der Waals surface area contributed by atoms with Crippen molar-refractivity contribution in [3.05, 3.63) is 36.1 Å². The number of benzene rings is 1. The summed E-state index contributed by atoms with van der Waals surface area (Å²) in [7, 11) is 7.44. The molecule has 0 amide bonds. The zero-order valence-corrected chi connectivity index (χ0v) is 41.4.